The van der Waals surface area contributed by atoms with Gasteiger partial charge >= 0.3 is 7.11 Å². The topological polar surface area (TPSA) is 30.8 Å². The fourth-order valence-electron chi connectivity index (χ4n) is 1.22. The lowest BCUT2D eigenvalue weighted by Crippen LogP contribution is -2.34. The Morgan fingerprint density at radius 3 is 2.71 bits per heavy atom. The van der Waals surface area contributed by atoms with Crippen LogP contribution in [0.1, 0.15) is 6.92 Å². The Balaban J connectivity index is 2.38. The second-order valence-electron chi connectivity index (χ2n) is 2.91. The van der Waals surface area contributed by atoms with Crippen LogP contribution in [-0.2, 0) is 9.31 Å². The minimum atomic E-state index is -4.24. The molecule has 2 heterocycles. The van der Waals surface area contributed by atoms with Crippen LogP contribution in [0.25, 0.3) is 0 Å². The van der Waals surface area contributed by atoms with Gasteiger partial charge < -0.3 is 17.9 Å². The summed E-state index contributed by atoms with van der Waals surface area (Å²) >= 11 is 0. The van der Waals surface area contributed by atoms with Crippen LogP contribution < -0.4 is 0 Å². The van der Waals surface area contributed by atoms with Crippen molar-refractivity contribution in [2.75, 3.05) is 0 Å². The van der Waals surface area contributed by atoms with Crippen molar-refractivity contribution in [2.45, 2.75) is 6.92 Å². The number of rotatable bonds is 0. The van der Waals surface area contributed by atoms with Crippen LogP contribution in [0, 0.1) is 0 Å². The second kappa shape index (κ2) is 2.97. The second-order valence-corrected chi connectivity index (χ2v) is 2.91. The van der Waals surface area contributed by atoms with Crippen molar-refractivity contribution in [3.8, 4) is 0 Å². The predicted octanol–water partition coefficient (Wildman–Crippen LogP) is 2.16. The summed E-state index contributed by atoms with van der Waals surface area (Å²) in [4.78, 5) is 3.85. The van der Waals surface area contributed by atoms with Gasteiger partial charge in [-0.05, 0) is 19.1 Å². The highest BCUT2D eigenvalue weighted by Crippen LogP contribution is 2.29. The maximum atomic E-state index is 12.8. The monoisotopic (exact) mass is 198 g/mol. The lowest BCUT2D eigenvalue weighted by Gasteiger charge is -2.33. The highest BCUT2D eigenvalue weighted by molar-refractivity contribution is 6.52. The van der Waals surface area contributed by atoms with Gasteiger partial charge in [-0.15, -0.1) is 0 Å². The van der Waals surface area contributed by atoms with Gasteiger partial charge in [0.15, 0.2) is 0 Å². The summed E-state index contributed by atoms with van der Waals surface area (Å²) in [6.45, 7) is 1.45. The largest absolute Gasteiger partial charge is 0.725 e. The maximum absolute atomic E-state index is 12.8. The Bertz CT molecular complexity index is 371. The molecule has 0 aliphatic carbocycles. The summed E-state index contributed by atoms with van der Waals surface area (Å²) in [6.07, 6.45) is 6.14. The van der Waals surface area contributed by atoms with E-state index in [4.69, 9.17) is 0 Å². The molecule has 3 nitrogen and oxygen atoms in total. The molecule has 0 aromatic rings. The molecule has 0 atom stereocenters. The van der Waals surface area contributed by atoms with Gasteiger partial charge in [-0.25, -0.2) is 0 Å². The standard InChI is InChI=1S/C8H7BF2NO2/c1-6-5-8(7-3-2-4-12-7)14-9(10,11)13-6/h2-5H,1H3/q-1/b8-7-. The van der Waals surface area contributed by atoms with E-state index in [1.165, 1.54) is 19.2 Å². The first-order valence-corrected chi connectivity index (χ1v) is 4.08. The molecule has 0 fully saturated rings. The molecule has 0 N–H and O–H groups in total. The molecule has 0 unspecified atom stereocenters. The molecule has 74 valence electrons. The molecule has 0 bridgehead atoms. The van der Waals surface area contributed by atoms with Gasteiger partial charge in [0, 0.05) is 12.3 Å². The number of hydrogen-bond donors (Lipinski definition) is 0. The lowest BCUT2D eigenvalue weighted by atomic mass is 10.1. The van der Waals surface area contributed by atoms with Crippen molar-refractivity contribution in [3.05, 3.63) is 35.4 Å². The maximum Gasteiger partial charge on any atom is 0.725 e. The summed E-state index contributed by atoms with van der Waals surface area (Å²) in [5.41, 5.74) is 0.384. The average molecular weight is 198 g/mol. The Morgan fingerprint density at radius 2 is 2.14 bits per heavy atom. The van der Waals surface area contributed by atoms with Gasteiger partial charge in [0.25, 0.3) is 0 Å². The van der Waals surface area contributed by atoms with Gasteiger partial charge in [0.05, 0.1) is 5.76 Å². The van der Waals surface area contributed by atoms with Crippen LogP contribution in [0.15, 0.2) is 40.4 Å². The van der Waals surface area contributed by atoms with Crippen molar-refractivity contribution in [1.29, 1.82) is 0 Å². The first-order chi connectivity index (χ1) is 6.57. The third-order valence-electron chi connectivity index (χ3n) is 1.73. The Kier molecular flexibility index (Phi) is 1.91. The van der Waals surface area contributed by atoms with Crippen molar-refractivity contribution >= 4 is 13.3 Å². The minimum Gasteiger partial charge on any atom is -0.631 e. The van der Waals surface area contributed by atoms with Crippen molar-refractivity contribution in [2.24, 2.45) is 4.99 Å². The van der Waals surface area contributed by atoms with Crippen LogP contribution in [0.2, 0.25) is 0 Å². The summed E-state index contributed by atoms with van der Waals surface area (Å²) in [5, 5.41) is 0. The van der Waals surface area contributed by atoms with Crippen LogP contribution >= 0.6 is 0 Å². The first-order valence-electron chi connectivity index (χ1n) is 4.08. The Morgan fingerprint density at radius 1 is 1.36 bits per heavy atom. The zero-order valence-electron chi connectivity index (χ0n) is 7.41. The highest BCUT2D eigenvalue weighted by atomic mass is 19.3. The molecule has 14 heavy (non-hydrogen) atoms. The highest BCUT2D eigenvalue weighted by Gasteiger charge is 2.37. The van der Waals surface area contributed by atoms with E-state index < -0.39 is 7.11 Å². The lowest BCUT2D eigenvalue weighted by molar-refractivity contribution is 0.143. The summed E-state index contributed by atoms with van der Waals surface area (Å²) in [6, 6.07) is 0. The molecule has 0 aromatic carbocycles. The number of allylic oxidation sites excluding steroid dienone is 4. The molecular weight excluding hydrogens is 191 g/mol. The van der Waals surface area contributed by atoms with E-state index in [1.54, 1.807) is 12.2 Å². The smallest absolute Gasteiger partial charge is 0.631 e. The zero-order chi connectivity index (χ0) is 10.2. The van der Waals surface area contributed by atoms with E-state index in [0.29, 0.717) is 5.70 Å². The summed E-state index contributed by atoms with van der Waals surface area (Å²) in [5.74, 6) is 0.169. The number of nitrogens with zero attached hydrogens (tertiary/aromatic N) is 1. The van der Waals surface area contributed by atoms with Crippen LogP contribution in [0.3, 0.4) is 0 Å². The molecule has 2 aliphatic rings. The molecule has 0 radical (unpaired) electrons. The fraction of sp³-hybridized carbons (Fsp3) is 0.125. The average Bonchev–Trinajstić information content (AvgIpc) is 2.51. The summed E-state index contributed by atoms with van der Waals surface area (Å²) < 4.78 is 34.2. The number of halogens is 2. The van der Waals surface area contributed by atoms with E-state index in [9.17, 15) is 8.63 Å². The van der Waals surface area contributed by atoms with E-state index in [0.717, 1.165) is 0 Å². The van der Waals surface area contributed by atoms with Crippen LogP contribution in [0.5, 0.6) is 0 Å². The quantitative estimate of drug-likeness (QED) is 0.558. The molecule has 2 aliphatic heterocycles. The van der Waals surface area contributed by atoms with Gasteiger partial charge in [-0.1, -0.05) is 0 Å². The normalized spacial score (nSPS) is 28.4. The molecule has 0 aromatic heterocycles. The van der Waals surface area contributed by atoms with Crippen molar-refractivity contribution in [1.82, 2.24) is 0 Å². The van der Waals surface area contributed by atoms with Crippen molar-refractivity contribution in [3.63, 3.8) is 0 Å². The van der Waals surface area contributed by atoms with E-state index in [2.05, 4.69) is 14.3 Å². The van der Waals surface area contributed by atoms with Gasteiger partial charge in [-0.3, -0.25) is 4.99 Å². The van der Waals surface area contributed by atoms with E-state index in [1.807, 2.05) is 0 Å². The SMILES string of the molecule is CC1=C/C(=C2\C=CC=N2)O[B-](F)(F)O1. The molecule has 0 amide bonds. The first kappa shape index (κ1) is 8.99. The zero-order valence-corrected chi connectivity index (χ0v) is 7.41. The van der Waals surface area contributed by atoms with E-state index >= 15 is 0 Å². The summed E-state index contributed by atoms with van der Waals surface area (Å²) in [7, 11) is -4.24. The van der Waals surface area contributed by atoms with Gasteiger partial charge in [0.2, 0.25) is 0 Å². The Labute approximate surface area is 79.5 Å². The number of hydrogen-bond acceptors (Lipinski definition) is 3. The van der Waals surface area contributed by atoms with Crippen molar-refractivity contribution < 1.29 is 17.9 Å². The molecule has 0 saturated heterocycles. The van der Waals surface area contributed by atoms with Gasteiger partial charge in [-0.2, -0.15) is 0 Å². The fourth-order valence-corrected chi connectivity index (χ4v) is 1.22. The van der Waals surface area contributed by atoms with Gasteiger partial charge in [0.1, 0.15) is 11.5 Å². The molecule has 6 heteroatoms. The van der Waals surface area contributed by atoms with E-state index in [-0.39, 0.29) is 11.5 Å². The molecule has 2 rings (SSSR count). The third-order valence-corrected chi connectivity index (χ3v) is 1.73. The predicted molar refractivity (Wildman–Crippen MR) is 48.6 cm³/mol. The van der Waals surface area contributed by atoms with Crippen LogP contribution in [0.4, 0.5) is 8.63 Å². The molecular formula is C8H7BF2NO2-. The molecule has 0 spiro atoms. The third kappa shape index (κ3) is 1.68. The number of aliphatic imine (C=N–C) groups is 1. The van der Waals surface area contributed by atoms with Crippen LogP contribution in [-0.4, -0.2) is 13.3 Å². The molecule has 0 saturated carbocycles. The minimum absolute atomic E-state index is 0.0451. The Hall–Kier alpha value is -1.59.